The first-order chi connectivity index (χ1) is 16.7. The van der Waals surface area contributed by atoms with E-state index < -0.39 is 30.6 Å². The zero-order valence-corrected chi connectivity index (χ0v) is 19.0. The Bertz CT molecular complexity index is 1170. The van der Waals surface area contributed by atoms with E-state index in [2.05, 4.69) is 10.3 Å². The van der Waals surface area contributed by atoms with Gasteiger partial charge in [0.25, 0.3) is 5.91 Å². The van der Waals surface area contributed by atoms with E-state index in [4.69, 9.17) is 16.2 Å². The fourth-order valence-corrected chi connectivity index (χ4v) is 3.30. The molecule has 0 aliphatic heterocycles. The van der Waals surface area contributed by atoms with Gasteiger partial charge in [-0.2, -0.15) is 0 Å². The van der Waals surface area contributed by atoms with Crippen LogP contribution < -0.4 is 21.5 Å². The molecule has 1 heterocycles. The maximum absolute atomic E-state index is 13.1. The number of carbonyl (C=O) groups is 2. The van der Waals surface area contributed by atoms with Gasteiger partial charge in [0.05, 0.1) is 12.3 Å². The highest BCUT2D eigenvalue weighted by atomic mass is 19.1. The molecule has 35 heavy (non-hydrogen) atoms. The number of halogens is 1. The van der Waals surface area contributed by atoms with E-state index in [9.17, 15) is 24.2 Å². The Hall–Kier alpha value is -3.86. The molecule has 3 rings (SSSR count). The normalized spacial score (nSPS) is 13.5. The van der Waals surface area contributed by atoms with Crippen LogP contribution >= 0.6 is 0 Å². The molecule has 0 aliphatic carbocycles. The number of benzene rings is 2. The van der Waals surface area contributed by atoms with Crippen molar-refractivity contribution in [3.63, 3.8) is 0 Å². The number of aliphatic hydroxyl groups excluding tert-OH is 2. The average Bonchev–Trinajstić information content (AvgIpc) is 2.84. The lowest BCUT2D eigenvalue weighted by Gasteiger charge is -2.18. The van der Waals surface area contributed by atoms with E-state index in [1.807, 2.05) is 0 Å². The second-order valence-corrected chi connectivity index (χ2v) is 8.09. The van der Waals surface area contributed by atoms with Crippen LogP contribution in [-0.2, 0) is 4.79 Å². The number of nitrogens with two attached hydrogens (primary N) is 2. The maximum Gasteiger partial charge on any atom is 0.270 e. The zero-order chi connectivity index (χ0) is 25.5. The van der Waals surface area contributed by atoms with Crippen LogP contribution in [0.15, 0.2) is 60.7 Å². The molecule has 7 N–H and O–H groups in total. The van der Waals surface area contributed by atoms with E-state index in [1.165, 1.54) is 30.3 Å². The van der Waals surface area contributed by atoms with Crippen molar-refractivity contribution in [2.24, 2.45) is 11.5 Å². The Morgan fingerprint density at radius 2 is 1.69 bits per heavy atom. The zero-order valence-electron chi connectivity index (χ0n) is 19.0. The van der Waals surface area contributed by atoms with Crippen LogP contribution in [-0.4, -0.2) is 45.7 Å². The molecule has 1 unspecified atom stereocenters. The van der Waals surface area contributed by atoms with E-state index in [0.717, 1.165) is 0 Å². The monoisotopic (exact) mass is 482 g/mol. The molecule has 184 valence electrons. The van der Waals surface area contributed by atoms with Crippen LogP contribution in [0.4, 0.5) is 4.39 Å². The van der Waals surface area contributed by atoms with Crippen molar-refractivity contribution in [1.29, 1.82) is 0 Å². The molecule has 10 heteroatoms. The van der Waals surface area contributed by atoms with Gasteiger partial charge < -0.3 is 31.7 Å². The van der Waals surface area contributed by atoms with Crippen molar-refractivity contribution in [3.05, 3.63) is 77.7 Å². The lowest BCUT2D eigenvalue weighted by Crippen LogP contribution is -2.47. The van der Waals surface area contributed by atoms with Crippen molar-refractivity contribution in [2.45, 2.75) is 31.5 Å². The largest absolute Gasteiger partial charge is 0.457 e. The SMILES string of the molecule is CC(N)C[C@H](NC(=O)c1cc([C@@H](O)CO)cc(-c2ccc(Oc3ccc(F)cc3)cc2)n1)C(N)=O. The first kappa shape index (κ1) is 25.8. The fraction of sp³-hybridized carbons (Fsp3) is 0.240. The van der Waals surface area contributed by atoms with Gasteiger partial charge in [-0.3, -0.25) is 9.59 Å². The number of pyridine rings is 1. The number of aromatic nitrogens is 1. The highest BCUT2D eigenvalue weighted by Crippen LogP contribution is 2.27. The van der Waals surface area contributed by atoms with Gasteiger partial charge in [-0.05, 0) is 79.6 Å². The number of rotatable bonds is 10. The van der Waals surface area contributed by atoms with Gasteiger partial charge in [-0.15, -0.1) is 0 Å². The second-order valence-electron chi connectivity index (χ2n) is 8.09. The van der Waals surface area contributed by atoms with Gasteiger partial charge in [0.1, 0.15) is 35.2 Å². The molecule has 0 saturated heterocycles. The number of nitrogens with zero attached hydrogens (tertiary/aromatic N) is 1. The molecular weight excluding hydrogens is 455 g/mol. The standard InChI is InChI=1S/C25H27FN4O5/c1-14(27)10-21(24(28)33)30-25(34)22-12-16(23(32)13-31)11-20(29-22)15-2-6-18(7-3-15)35-19-8-4-17(26)5-9-19/h2-9,11-12,14,21,23,31-32H,10,13,27H2,1H3,(H2,28,33)(H,30,34)/t14?,21-,23-/m0/s1. The fourth-order valence-electron chi connectivity index (χ4n) is 3.30. The molecule has 9 nitrogen and oxygen atoms in total. The summed E-state index contributed by atoms with van der Waals surface area (Å²) in [5.74, 6) is -0.841. The van der Waals surface area contributed by atoms with E-state index in [-0.39, 0.29) is 29.5 Å². The number of aliphatic hydroxyl groups is 2. The van der Waals surface area contributed by atoms with E-state index >= 15 is 0 Å². The van der Waals surface area contributed by atoms with E-state index in [0.29, 0.717) is 22.8 Å². The Morgan fingerprint density at radius 1 is 1.09 bits per heavy atom. The van der Waals surface area contributed by atoms with Gasteiger partial charge in [-0.1, -0.05) is 0 Å². The predicted octanol–water partition coefficient (Wildman–Crippen LogP) is 2.03. The lowest BCUT2D eigenvalue weighted by atomic mass is 10.0. The molecular formula is C25H27FN4O5. The smallest absolute Gasteiger partial charge is 0.270 e. The van der Waals surface area contributed by atoms with E-state index in [1.54, 1.807) is 37.3 Å². The van der Waals surface area contributed by atoms with Gasteiger partial charge in [0, 0.05) is 11.6 Å². The first-order valence-corrected chi connectivity index (χ1v) is 10.9. The summed E-state index contributed by atoms with van der Waals surface area (Å²) >= 11 is 0. The molecule has 0 bridgehead atoms. The number of hydrogen-bond donors (Lipinski definition) is 5. The van der Waals surface area contributed by atoms with Gasteiger partial charge in [-0.25, -0.2) is 9.37 Å². The van der Waals surface area contributed by atoms with Gasteiger partial charge >= 0.3 is 0 Å². The van der Waals surface area contributed by atoms with Crippen LogP contribution in [0.1, 0.15) is 35.5 Å². The summed E-state index contributed by atoms with van der Waals surface area (Å²) in [6, 6.07) is 13.8. The third-order valence-corrected chi connectivity index (χ3v) is 5.09. The van der Waals surface area contributed by atoms with Gasteiger partial charge in [0.15, 0.2) is 0 Å². The second kappa shape index (κ2) is 11.5. The van der Waals surface area contributed by atoms with Crippen LogP contribution in [0, 0.1) is 5.82 Å². The van der Waals surface area contributed by atoms with Crippen molar-refractivity contribution in [1.82, 2.24) is 10.3 Å². The Kier molecular flexibility index (Phi) is 8.48. The molecule has 1 aromatic heterocycles. The quantitative estimate of drug-likeness (QED) is 0.295. The Balaban J connectivity index is 1.88. The summed E-state index contributed by atoms with van der Waals surface area (Å²) in [6.07, 6.45) is -1.11. The third kappa shape index (κ3) is 7.06. The molecule has 0 spiro atoms. The molecule has 0 aliphatic rings. The first-order valence-electron chi connectivity index (χ1n) is 10.9. The van der Waals surface area contributed by atoms with Crippen molar-refractivity contribution >= 4 is 11.8 Å². The Labute approximate surface area is 201 Å². The summed E-state index contributed by atoms with van der Waals surface area (Å²) < 4.78 is 18.8. The van der Waals surface area contributed by atoms with Crippen LogP contribution in [0.2, 0.25) is 0 Å². The number of ether oxygens (including phenoxy) is 1. The highest BCUT2D eigenvalue weighted by molar-refractivity contribution is 5.96. The molecule has 3 aromatic rings. The molecule has 2 aromatic carbocycles. The summed E-state index contributed by atoms with van der Waals surface area (Å²) in [5.41, 5.74) is 12.2. The number of amides is 2. The Morgan fingerprint density at radius 3 is 2.23 bits per heavy atom. The van der Waals surface area contributed by atoms with Crippen LogP contribution in [0.25, 0.3) is 11.3 Å². The summed E-state index contributed by atoms with van der Waals surface area (Å²) in [4.78, 5) is 28.9. The van der Waals surface area contributed by atoms with Crippen molar-refractivity contribution < 1.29 is 28.9 Å². The van der Waals surface area contributed by atoms with Crippen molar-refractivity contribution in [3.8, 4) is 22.8 Å². The summed E-state index contributed by atoms with van der Waals surface area (Å²) in [6.45, 7) is 1.11. The third-order valence-electron chi connectivity index (χ3n) is 5.09. The molecule has 0 fully saturated rings. The number of primary amides is 1. The topological polar surface area (TPSA) is 161 Å². The minimum atomic E-state index is -1.25. The minimum absolute atomic E-state index is 0.0763. The number of hydrogen-bond acceptors (Lipinski definition) is 7. The number of nitrogens with one attached hydrogen (secondary N) is 1. The van der Waals surface area contributed by atoms with Crippen LogP contribution in [0.3, 0.4) is 0 Å². The molecule has 0 saturated carbocycles. The molecule has 0 radical (unpaired) electrons. The highest BCUT2D eigenvalue weighted by Gasteiger charge is 2.22. The molecule has 3 atom stereocenters. The maximum atomic E-state index is 13.1. The summed E-state index contributed by atoms with van der Waals surface area (Å²) in [5, 5.41) is 22.1. The predicted molar refractivity (Wildman–Crippen MR) is 127 cm³/mol. The number of carbonyl (C=O) groups excluding carboxylic acids is 2. The summed E-state index contributed by atoms with van der Waals surface area (Å²) in [7, 11) is 0. The van der Waals surface area contributed by atoms with Crippen molar-refractivity contribution in [2.75, 3.05) is 6.61 Å². The molecule has 2 amide bonds. The minimum Gasteiger partial charge on any atom is -0.457 e. The van der Waals surface area contributed by atoms with Crippen LogP contribution in [0.5, 0.6) is 11.5 Å². The van der Waals surface area contributed by atoms with Gasteiger partial charge in [0.2, 0.25) is 5.91 Å². The average molecular weight is 483 g/mol. The lowest BCUT2D eigenvalue weighted by molar-refractivity contribution is -0.120.